The summed E-state index contributed by atoms with van der Waals surface area (Å²) in [7, 11) is 4.58. The summed E-state index contributed by atoms with van der Waals surface area (Å²) in [6.07, 6.45) is 2.05. The van der Waals surface area contributed by atoms with Gasteiger partial charge in [0.15, 0.2) is 0 Å². The number of halogens is 1. The van der Waals surface area contributed by atoms with E-state index in [-0.39, 0.29) is 59.1 Å². The van der Waals surface area contributed by atoms with Crippen LogP contribution in [0.2, 0.25) is 0 Å². The predicted octanol–water partition coefficient (Wildman–Crippen LogP) is 2.30. The molecule has 0 saturated carbocycles. The number of hydrogen-bond donors (Lipinski definition) is 2. The first kappa shape index (κ1) is 28.0. The number of carbonyl (C=O) groups is 2. The van der Waals surface area contributed by atoms with E-state index in [1.165, 1.54) is 40.8 Å². The first-order valence-corrected chi connectivity index (χ1v) is 11.2. The SMILES string of the molecule is CNC(=O)c1c(-c2ccc(O)cc2)c2ncc(Cc3ccc(F)cc3)cc2n(CC(=O)N(C)C)c1=O.[NaH]. The zero-order valence-corrected chi connectivity index (χ0v) is 20.1. The van der Waals surface area contributed by atoms with Crippen LogP contribution in [0.4, 0.5) is 4.39 Å². The van der Waals surface area contributed by atoms with Gasteiger partial charge >= 0.3 is 29.6 Å². The van der Waals surface area contributed by atoms with Gasteiger partial charge in [-0.05, 0) is 53.4 Å². The van der Waals surface area contributed by atoms with Gasteiger partial charge in [-0.2, -0.15) is 0 Å². The molecular weight excluding hydrogens is 486 g/mol. The van der Waals surface area contributed by atoms with Gasteiger partial charge in [0.25, 0.3) is 11.5 Å². The molecule has 2 N–H and O–H groups in total. The van der Waals surface area contributed by atoms with Crippen molar-refractivity contribution in [1.82, 2.24) is 19.8 Å². The van der Waals surface area contributed by atoms with Gasteiger partial charge in [-0.3, -0.25) is 23.9 Å². The number of phenolic OH excluding ortho intramolecular Hbond substituents is 1. The van der Waals surface area contributed by atoms with E-state index in [0.29, 0.717) is 28.6 Å². The van der Waals surface area contributed by atoms with Gasteiger partial charge in [0.05, 0.1) is 11.0 Å². The molecule has 4 rings (SSSR count). The number of benzene rings is 2. The Morgan fingerprint density at radius 3 is 2.30 bits per heavy atom. The Hall–Kier alpha value is -3.53. The van der Waals surface area contributed by atoms with E-state index in [4.69, 9.17) is 0 Å². The minimum atomic E-state index is -0.638. The van der Waals surface area contributed by atoms with Crippen LogP contribution in [0.5, 0.6) is 5.75 Å². The molecule has 10 heteroatoms. The molecule has 37 heavy (non-hydrogen) atoms. The van der Waals surface area contributed by atoms with Crippen molar-refractivity contribution in [3.05, 3.63) is 93.7 Å². The predicted molar refractivity (Wildman–Crippen MR) is 142 cm³/mol. The number of aromatic nitrogens is 2. The van der Waals surface area contributed by atoms with Crippen LogP contribution in [0.3, 0.4) is 0 Å². The molecule has 0 atom stereocenters. The van der Waals surface area contributed by atoms with E-state index in [0.717, 1.165) is 11.1 Å². The molecule has 0 aliphatic carbocycles. The summed E-state index contributed by atoms with van der Waals surface area (Å²) in [5, 5.41) is 12.3. The van der Waals surface area contributed by atoms with E-state index in [9.17, 15) is 23.9 Å². The molecule has 2 heterocycles. The van der Waals surface area contributed by atoms with Crippen molar-refractivity contribution in [2.24, 2.45) is 0 Å². The number of pyridine rings is 2. The topological polar surface area (TPSA) is 105 Å². The summed E-state index contributed by atoms with van der Waals surface area (Å²) in [6.45, 7) is -0.288. The third kappa shape index (κ3) is 5.90. The summed E-state index contributed by atoms with van der Waals surface area (Å²) in [4.78, 5) is 45.3. The van der Waals surface area contributed by atoms with Crippen molar-refractivity contribution in [3.63, 3.8) is 0 Å². The van der Waals surface area contributed by atoms with E-state index in [1.807, 2.05) is 0 Å². The molecule has 2 aromatic heterocycles. The third-order valence-corrected chi connectivity index (χ3v) is 5.88. The van der Waals surface area contributed by atoms with Crippen LogP contribution in [0.25, 0.3) is 22.2 Å². The fraction of sp³-hybridized carbons (Fsp3) is 0.185. The quantitative estimate of drug-likeness (QED) is 0.386. The van der Waals surface area contributed by atoms with Crippen molar-refractivity contribution in [1.29, 1.82) is 0 Å². The molecule has 0 bridgehead atoms. The Labute approximate surface area is 235 Å². The van der Waals surface area contributed by atoms with Crippen molar-refractivity contribution < 1.29 is 19.1 Å². The van der Waals surface area contributed by atoms with Crippen LogP contribution in [0.1, 0.15) is 21.5 Å². The third-order valence-electron chi connectivity index (χ3n) is 5.88. The fourth-order valence-electron chi connectivity index (χ4n) is 3.98. The van der Waals surface area contributed by atoms with Gasteiger partial charge in [0, 0.05) is 32.9 Å². The molecule has 2 aromatic carbocycles. The standard InChI is InChI=1S/C27H25FN4O4.Na.H/c1-29-26(35)24-23(18-6-10-20(33)11-7-18)25-21(32(27(24)36)15-22(34)31(2)3)13-17(14-30-25)12-16-4-8-19(28)9-5-16;;/h4-11,13-14,33H,12,15H2,1-3H3,(H,29,35);;. The Bertz CT molecular complexity index is 1520. The zero-order chi connectivity index (χ0) is 26.0. The molecule has 186 valence electrons. The van der Waals surface area contributed by atoms with E-state index in [1.54, 1.807) is 50.6 Å². The molecule has 0 aliphatic heterocycles. The van der Waals surface area contributed by atoms with Crippen LogP contribution in [0.15, 0.2) is 65.6 Å². The number of nitrogens with one attached hydrogen (secondary N) is 1. The molecule has 0 fully saturated rings. The maximum atomic E-state index is 13.7. The number of amides is 2. The van der Waals surface area contributed by atoms with Crippen LogP contribution in [-0.4, -0.2) is 82.1 Å². The summed E-state index contributed by atoms with van der Waals surface area (Å²) in [5.74, 6) is -1.26. The Morgan fingerprint density at radius 1 is 1.05 bits per heavy atom. The number of aromatic hydroxyl groups is 1. The molecule has 0 aliphatic rings. The average molecular weight is 513 g/mol. The minimum absolute atomic E-state index is 0. The molecule has 8 nitrogen and oxygen atoms in total. The molecule has 0 radical (unpaired) electrons. The first-order chi connectivity index (χ1) is 17.2. The first-order valence-electron chi connectivity index (χ1n) is 11.2. The monoisotopic (exact) mass is 512 g/mol. The summed E-state index contributed by atoms with van der Waals surface area (Å²) < 4.78 is 14.6. The molecule has 4 aromatic rings. The number of fused-ring (bicyclic) bond motifs is 1. The van der Waals surface area contributed by atoms with Crippen molar-refractivity contribution in [2.75, 3.05) is 21.1 Å². The number of phenols is 1. The van der Waals surface area contributed by atoms with E-state index in [2.05, 4.69) is 10.3 Å². The van der Waals surface area contributed by atoms with Gasteiger partial charge in [0.2, 0.25) is 5.91 Å². The second-order valence-corrected chi connectivity index (χ2v) is 8.57. The van der Waals surface area contributed by atoms with Crippen LogP contribution in [0, 0.1) is 5.82 Å². The Kier molecular flexibility index (Phi) is 8.85. The van der Waals surface area contributed by atoms with Gasteiger partial charge in [-0.15, -0.1) is 0 Å². The maximum absolute atomic E-state index is 13.7. The van der Waals surface area contributed by atoms with Crippen LogP contribution in [-0.2, 0) is 17.8 Å². The molecule has 0 spiro atoms. The second kappa shape index (κ2) is 11.7. The molecular formula is C27H26FN4NaO4. The van der Waals surface area contributed by atoms with Gasteiger partial charge in [-0.25, -0.2) is 4.39 Å². The normalized spacial score (nSPS) is 10.6. The van der Waals surface area contributed by atoms with Crippen molar-refractivity contribution >= 4 is 52.4 Å². The van der Waals surface area contributed by atoms with Gasteiger partial charge in [-0.1, -0.05) is 24.3 Å². The average Bonchev–Trinajstić information content (AvgIpc) is 2.86. The molecule has 0 unspecified atom stereocenters. The number of likely N-dealkylation sites (N-methyl/N-ethyl adjacent to an activating group) is 1. The number of hydrogen-bond acceptors (Lipinski definition) is 5. The van der Waals surface area contributed by atoms with E-state index >= 15 is 0 Å². The van der Waals surface area contributed by atoms with Crippen LogP contribution >= 0.6 is 0 Å². The van der Waals surface area contributed by atoms with Gasteiger partial charge in [0.1, 0.15) is 23.7 Å². The summed E-state index contributed by atoms with van der Waals surface area (Å²) in [5.41, 5.74) is 2.34. The molecule has 0 saturated heterocycles. The van der Waals surface area contributed by atoms with Crippen molar-refractivity contribution in [2.45, 2.75) is 13.0 Å². The fourth-order valence-corrected chi connectivity index (χ4v) is 3.98. The second-order valence-electron chi connectivity index (χ2n) is 8.57. The van der Waals surface area contributed by atoms with Gasteiger partial charge < -0.3 is 15.3 Å². The molecule has 2 amide bonds. The Morgan fingerprint density at radius 2 is 1.70 bits per heavy atom. The summed E-state index contributed by atoms with van der Waals surface area (Å²) in [6, 6.07) is 13.9. The van der Waals surface area contributed by atoms with Crippen LogP contribution < -0.4 is 10.9 Å². The van der Waals surface area contributed by atoms with E-state index < -0.39 is 11.5 Å². The zero-order valence-electron chi connectivity index (χ0n) is 20.1. The Balaban J connectivity index is 0.00000380. The number of carbonyl (C=O) groups excluding carboxylic acids is 2. The number of nitrogens with zero attached hydrogens (tertiary/aromatic N) is 3. The number of rotatable bonds is 6. The summed E-state index contributed by atoms with van der Waals surface area (Å²) >= 11 is 0. The van der Waals surface area contributed by atoms with Crippen molar-refractivity contribution in [3.8, 4) is 16.9 Å².